The lowest BCUT2D eigenvalue weighted by Crippen LogP contribution is -2.11. The molecule has 0 atom stereocenters. The second-order valence-electron chi connectivity index (χ2n) is 10.9. The molecule has 0 saturated carbocycles. The van der Waals surface area contributed by atoms with Crippen LogP contribution in [0, 0.1) is 0 Å². The van der Waals surface area contributed by atoms with E-state index in [0.717, 1.165) is 5.01 Å². The summed E-state index contributed by atoms with van der Waals surface area (Å²) in [4.78, 5) is 34.0. The Bertz CT molecular complexity index is 2560. The molecule has 23 heteroatoms. The van der Waals surface area contributed by atoms with Crippen molar-refractivity contribution in [3.05, 3.63) is 129 Å². The maximum absolute atomic E-state index is 6.16. The van der Waals surface area contributed by atoms with Crippen LogP contribution in [-0.4, -0.2) is 88.8 Å². The van der Waals surface area contributed by atoms with Gasteiger partial charge in [0.15, 0.2) is 11.6 Å². The van der Waals surface area contributed by atoms with Crippen LogP contribution < -0.4 is 17.2 Å². The summed E-state index contributed by atoms with van der Waals surface area (Å²) in [5.74, 6) is 3.57. The second kappa shape index (κ2) is 15.6. The number of hydrogen-bond donors (Lipinski definition) is 3. The minimum Gasteiger partial charge on any atom is -0.444 e. The molecule has 276 valence electrons. The maximum Gasteiger partial charge on any atom is 0.254 e. The van der Waals surface area contributed by atoms with E-state index in [9.17, 15) is 0 Å². The third-order valence-electron chi connectivity index (χ3n) is 7.34. The van der Waals surface area contributed by atoms with Crippen molar-refractivity contribution >= 4 is 28.8 Å². The lowest BCUT2D eigenvalue weighted by molar-refractivity contribution is 0.573. The monoisotopic (exact) mass is 765 g/mol. The Balaban J connectivity index is 0.000000124. The molecule has 0 aliphatic heterocycles. The third kappa shape index (κ3) is 7.39. The van der Waals surface area contributed by atoms with Crippen molar-refractivity contribution < 1.29 is 4.42 Å². The zero-order chi connectivity index (χ0) is 38.3. The highest BCUT2D eigenvalue weighted by Gasteiger charge is 2.21. The molecule has 10 aromatic heterocycles. The van der Waals surface area contributed by atoms with Crippen LogP contribution in [-0.2, 0) is 0 Å². The van der Waals surface area contributed by atoms with Gasteiger partial charge in [0.2, 0.25) is 5.89 Å². The van der Waals surface area contributed by atoms with Gasteiger partial charge in [-0.2, -0.15) is 50.4 Å². The molecule has 0 aliphatic carbocycles. The lowest BCUT2D eigenvalue weighted by atomic mass is 10.2. The molecular weight excluding hydrogens is 739 g/mol. The van der Waals surface area contributed by atoms with Crippen LogP contribution in [0.2, 0.25) is 0 Å². The first-order valence-electron chi connectivity index (χ1n) is 16.2. The molecule has 0 radical (unpaired) electrons. The van der Waals surface area contributed by atoms with E-state index in [-0.39, 0.29) is 5.82 Å². The van der Waals surface area contributed by atoms with Crippen molar-refractivity contribution in [1.29, 1.82) is 0 Å². The van der Waals surface area contributed by atoms with Crippen molar-refractivity contribution in [1.82, 2.24) is 88.8 Å². The van der Waals surface area contributed by atoms with Crippen LogP contribution in [0.25, 0.3) is 51.5 Å². The summed E-state index contributed by atoms with van der Waals surface area (Å²) >= 11 is 1.47. The third-order valence-corrected chi connectivity index (χ3v) is 8.13. The van der Waals surface area contributed by atoms with Gasteiger partial charge in [0.05, 0.1) is 11.8 Å². The van der Waals surface area contributed by atoms with Crippen LogP contribution in [0.1, 0.15) is 0 Å². The summed E-state index contributed by atoms with van der Waals surface area (Å²) in [5.41, 5.74) is 18.9. The molecule has 6 N–H and O–H groups in total. The highest BCUT2D eigenvalue weighted by molar-refractivity contribution is 7.13. The molecule has 0 unspecified atom stereocenters. The Morgan fingerprint density at radius 2 is 1.00 bits per heavy atom. The van der Waals surface area contributed by atoms with Gasteiger partial charge in [0.1, 0.15) is 34.3 Å². The number of nitrogen functional groups attached to an aromatic ring is 3. The van der Waals surface area contributed by atoms with E-state index in [1.807, 2.05) is 11.4 Å². The predicted octanol–water partition coefficient (Wildman–Crippen LogP) is 2.88. The first-order chi connectivity index (χ1) is 27.5. The zero-order valence-corrected chi connectivity index (χ0v) is 29.5. The fraction of sp³-hybridized carbons (Fsp3) is 0. The summed E-state index contributed by atoms with van der Waals surface area (Å²) in [6, 6.07) is 10.6. The van der Waals surface area contributed by atoms with Gasteiger partial charge in [-0.1, -0.05) is 0 Å². The molecule has 10 rings (SSSR count). The molecule has 0 fully saturated rings. The normalized spacial score (nSPS) is 10.7. The van der Waals surface area contributed by atoms with Gasteiger partial charge in [0.25, 0.3) is 17.8 Å². The van der Waals surface area contributed by atoms with Crippen molar-refractivity contribution in [2.45, 2.75) is 0 Å². The molecule has 0 bridgehead atoms. The highest BCUT2D eigenvalue weighted by atomic mass is 32.1. The van der Waals surface area contributed by atoms with Crippen molar-refractivity contribution in [2.75, 3.05) is 17.2 Å². The van der Waals surface area contributed by atoms with E-state index >= 15 is 0 Å². The standard InChI is InChI=1S/C13H10N8O.C13H10N8S.C7H7N5/c2*14-10-9(12-15-5-8-22-12)11(20-6-1-3-16-20)19-13(18-10)21-7-2-4-17-21;8-6-2-4-9-7(11-6)12-5-1-3-10-12/h2*1-8H,(H2,14,18,19);1-5H,(H2,8,9,11). The van der Waals surface area contributed by atoms with E-state index in [1.165, 1.54) is 28.5 Å². The summed E-state index contributed by atoms with van der Waals surface area (Å²) in [7, 11) is 0. The minimum atomic E-state index is 0.230. The molecule has 0 amide bonds. The number of nitrogens with two attached hydrogens (primary N) is 3. The molecule has 10 heterocycles. The molecule has 0 aliphatic rings. The van der Waals surface area contributed by atoms with Crippen LogP contribution in [0.3, 0.4) is 0 Å². The van der Waals surface area contributed by atoms with Gasteiger partial charge >= 0.3 is 0 Å². The number of hydrogen-bond acceptors (Lipinski definition) is 18. The summed E-state index contributed by atoms with van der Waals surface area (Å²) in [6.07, 6.45) is 23.4. The van der Waals surface area contributed by atoms with Crippen molar-refractivity contribution in [2.24, 2.45) is 0 Å². The van der Waals surface area contributed by atoms with Crippen LogP contribution in [0.5, 0.6) is 0 Å². The Morgan fingerprint density at radius 1 is 0.482 bits per heavy atom. The van der Waals surface area contributed by atoms with Crippen LogP contribution >= 0.6 is 11.3 Å². The number of nitrogens with zero attached hydrogens (tertiary/aromatic N) is 18. The Kier molecular flexibility index (Phi) is 9.67. The summed E-state index contributed by atoms with van der Waals surface area (Å²) in [5, 5.41) is 23.3. The van der Waals surface area contributed by atoms with Gasteiger partial charge in [0, 0.05) is 79.7 Å². The van der Waals surface area contributed by atoms with Gasteiger partial charge < -0.3 is 21.6 Å². The number of oxazole rings is 1. The minimum absolute atomic E-state index is 0.230. The molecular formula is C33H27N21OS. The number of aromatic nitrogens is 18. The number of anilines is 3. The fourth-order valence-corrected chi connectivity index (χ4v) is 5.66. The van der Waals surface area contributed by atoms with Gasteiger partial charge in [-0.3, -0.25) is 0 Å². The predicted molar refractivity (Wildman–Crippen MR) is 202 cm³/mol. The average Bonchev–Trinajstić information content (AvgIpc) is 4.06. The zero-order valence-electron chi connectivity index (χ0n) is 28.7. The Morgan fingerprint density at radius 3 is 1.46 bits per heavy atom. The van der Waals surface area contributed by atoms with Crippen LogP contribution in [0.4, 0.5) is 17.5 Å². The smallest absolute Gasteiger partial charge is 0.254 e. The Labute approximate surface area is 318 Å². The second-order valence-corrected chi connectivity index (χ2v) is 11.8. The van der Waals surface area contributed by atoms with E-state index in [2.05, 4.69) is 65.4 Å². The van der Waals surface area contributed by atoms with Gasteiger partial charge in [-0.25, -0.2) is 38.4 Å². The molecule has 22 nitrogen and oxygen atoms in total. The Hall–Kier alpha value is -8.47. The lowest BCUT2D eigenvalue weighted by Gasteiger charge is -2.11. The molecule has 56 heavy (non-hydrogen) atoms. The quantitative estimate of drug-likeness (QED) is 0.210. The van der Waals surface area contributed by atoms with Gasteiger partial charge in [-0.15, -0.1) is 11.3 Å². The van der Waals surface area contributed by atoms with E-state index in [1.54, 1.807) is 123 Å². The van der Waals surface area contributed by atoms with Crippen molar-refractivity contribution in [3.8, 4) is 51.5 Å². The van der Waals surface area contributed by atoms with Crippen molar-refractivity contribution in [3.63, 3.8) is 0 Å². The largest absolute Gasteiger partial charge is 0.444 e. The highest BCUT2D eigenvalue weighted by Crippen LogP contribution is 2.32. The number of thiazole rings is 1. The molecule has 10 aromatic rings. The topological polar surface area (TPSA) is 283 Å². The molecule has 0 saturated heterocycles. The van der Waals surface area contributed by atoms with E-state index in [0.29, 0.717) is 58.1 Å². The first kappa shape index (κ1) is 34.6. The fourth-order valence-electron chi connectivity index (χ4n) is 4.97. The van der Waals surface area contributed by atoms with E-state index in [4.69, 9.17) is 21.6 Å². The maximum atomic E-state index is 6.16. The first-order valence-corrected chi connectivity index (χ1v) is 17.1. The van der Waals surface area contributed by atoms with Gasteiger partial charge in [-0.05, 0) is 36.4 Å². The molecule has 0 aromatic carbocycles. The van der Waals surface area contributed by atoms with Crippen LogP contribution in [0.15, 0.2) is 133 Å². The van der Waals surface area contributed by atoms with E-state index < -0.39 is 0 Å². The molecule has 0 spiro atoms. The average molecular weight is 766 g/mol. The SMILES string of the molecule is Nc1ccnc(-n2cccn2)n1.Nc1nc(-n2cccn2)nc(-n2cccn2)c1-c1ncco1.Nc1nc(-n2cccn2)nc(-n2cccn2)c1-c1nccs1. The summed E-state index contributed by atoms with van der Waals surface area (Å²) < 4.78 is 13.2. The summed E-state index contributed by atoms with van der Waals surface area (Å²) in [6.45, 7) is 0. The number of rotatable bonds is 7.